The van der Waals surface area contributed by atoms with Gasteiger partial charge in [-0.1, -0.05) is 18.2 Å². The maximum Gasteiger partial charge on any atom is 0.251 e. The molecule has 2 aromatic carbocycles. The molecule has 0 atom stereocenters. The predicted octanol–water partition coefficient (Wildman–Crippen LogP) is 5.34. The molecule has 0 aliphatic heterocycles. The van der Waals surface area contributed by atoms with Crippen LogP contribution in [0, 0.1) is 0 Å². The number of hydrogen-bond donors (Lipinski definition) is 1. The van der Waals surface area contributed by atoms with Gasteiger partial charge in [0, 0.05) is 34.6 Å². The Morgan fingerprint density at radius 2 is 1.77 bits per heavy atom. The van der Waals surface area contributed by atoms with Crippen LogP contribution in [0.2, 0.25) is 0 Å². The van der Waals surface area contributed by atoms with Crippen molar-refractivity contribution in [3.05, 3.63) is 77.3 Å². The summed E-state index contributed by atoms with van der Waals surface area (Å²) >= 11 is 1.51. The molecular formula is C21H21N3OS. The van der Waals surface area contributed by atoms with E-state index in [1.807, 2.05) is 73.8 Å². The maximum absolute atomic E-state index is 12.7. The van der Waals surface area contributed by atoms with Crippen molar-refractivity contribution >= 4 is 40.4 Å². The highest BCUT2D eigenvalue weighted by molar-refractivity contribution is 7.07. The summed E-state index contributed by atoms with van der Waals surface area (Å²) in [7, 11) is 0. The van der Waals surface area contributed by atoms with Crippen molar-refractivity contribution in [2.24, 2.45) is 0 Å². The molecule has 26 heavy (non-hydrogen) atoms. The van der Waals surface area contributed by atoms with Gasteiger partial charge in [-0.15, -0.1) is 11.3 Å². The number of anilines is 3. The van der Waals surface area contributed by atoms with Crippen LogP contribution in [-0.2, 0) is 4.79 Å². The third kappa shape index (κ3) is 4.58. The summed E-state index contributed by atoms with van der Waals surface area (Å²) in [6.45, 7) is 4.01. The van der Waals surface area contributed by atoms with Crippen LogP contribution in [-0.4, -0.2) is 16.9 Å². The second-order valence-electron chi connectivity index (χ2n) is 6.09. The first-order chi connectivity index (χ1) is 12.6. The van der Waals surface area contributed by atoms with E-state index in [-0.39, 0.29) is 11.9 Å². The molecule has 4 nitrogen and oxygen atoms in total. The number of carbonyl (C=O) groups excluding carboxylic acids is 1. The van der Waals surface area contributed by atoms with Crippen LogP contribution in [0.25, 0.3) is 6.08 Å². The molecule has 1 aromatic heterocycles. The van der Waals surface area contributed by atoms with E-state index in [9.17, 15) is 4.79 Å². The van der Waals surface area contributed by atoms with Gasteiger partial charge in [-0.05, 0) is 56.3 Å². The smallest absolute Gasteiger partial charge is 0.251 e. The fraction of sp³-hybridized carbons (Fsp3) is 0.143. The fourth-order valence-corrected chi connectivity index (χ4v) is 3.14. The molecular weight excluding hydrogens is 342 g/mol. The Morgan fingerprint density at radius 3 is 2.38 bits per heavy atom. The molecule has 1 amide bonds. The Morgan fingerprint density at radius 1 is 1.08 bits per heavy atom. The lowest BCUT2D eigenvalue weighted by Gasteiger charge is -2.26. The average molecular weight is 363 g/mol. The number of nitrogens with zero attached hydrogens (tertiary/aromatic N) is 2. The van der Waals surface area contributed by atoms with Gasteiger partial charge in [-0.25, -0.2) is 4.98 Å². The fourth-order valence-electron chi connectivity index (χ4n) is 2.61. The Hall–Kier alpha value is -2.92. The number of para-hydroxylation sites is 1. The Bertz CT molecular complexity index is 856. The van der Waals surface area contributed by atoms with Crippen molar-refractivity contribution in [1.29, 1.82) is 0 Å². The van der Waals surface area contributed by atoms with E-state index in [2.05, 4.69) is 10.3 Å². The molecule has 0 aliphatic carbocycles. The van der Waals surface area contributed by atoms with Crippen LogP contribution in [0.4, 0.5) is 17.1 Å². The molecule has 0 radical (unpaired) electrons. The van der Waals surface area contributed by atoms with E-state index < -0.39 is 0 Å². The highest BCUT2D eigenvalue weighted by Crippen LogP contribution is 2.23. The zero-order valence-electron chi connectivity index (χ0n) is 14.8. The number of benzene rings is 2. The summed E-state index contributed by atoms with van der Waals surface area (Å²) in [5.74, 6) is -0.0585. The minimum absolute atomic E-state index is 0.0514. The van der Waals surface area contributed by atoms with E-state index in [1.165, 1.54) is 11.3 Å². The first-order valence-electron chi connectivity index (χ1n) is 8.45. The van der Waals surface area contributed by atoms with Crippen molar-refractivity contribution in [2.45, 2.75) is 19.9 Å². The number of thiazole rings is 1. The largest absolute Gasteiger partial charge is 0.356 e. The van der Waals surface area contributed by atoms with E-state index >= 15 is 0 Å². The maximum atomic E-state index is 12.7. The number of hydrogen-bond acceptors (Lipinski definition) is 4. The number of carbonyl (C=O) groups is 1. The normalized spacial score (nSPS) is 11.0. The van der Waals surface area contributed by atoms with Crippen molar-refractivity contribution < 1.29 is 4.79 Å². The number of aromatic nitrogens is 1. The lowest BCUT2D eigenvalue weighted by Crippen LogP contribution is -2.35. The molecule has 0 spiro atoms. The Kier molecular flexibility index (Phi) is 5.81. The summed E-state index contributed by atoms with van der Waals surface area (Å²) in [6, 6.07) is 17.9. The summed E-state index contributed by atoms with van der Waals surface area (Å²) in [6.07, 6.45) is 3.32. The molecule has 0 unspecified atom stereocenters. The van der Waals surface area contributed by atoms with Gasteiger partial charge in [0.2, 0.25) is 0 Å². The molecule has 1 N–H and O–H groups in total. The number of rotatable bonds is 6. The molecule has 1 heterocycles. The molecule has 3 aromatic rings. The van der Waals surface area contributed by atoms with E-state index in [0.29, 0.717) is 0 Å². The van der Waals surface area contributed by atoms with Gasteiger partial charge in [0.1, 0.15) is 0 Å². The molecule has 0 saturated heterocycles. The Balaban J connectivity index is 1.74. The second kappa shape index (κ2) is 8.45. The van der Waals surface area contributed by atoms with Crippen LogP contribution in [0.3, 0.4) is 0 Å². The number of nitrogens with one attached hydrogen (secondary N) is 1. The standard InChI is InChI=1S/C21H21N3OS/c1-16(2)24(21(25)13-10-19-14-26-15-22-19)20-11-8-18(9-12-20)23-17-6-4-3-5-7-17/h3-16,23H,1-2H3/b13-10-. The average Bonchev–Trinajstić information content (AvgIpc) is 3.16. The van der Waals surface area contributed by atoms with Crippen molar-refractivity contribution in [3.63, 3.8) is 0 Å². The third-order valence-corrected chi connectivity index (χ3v) is 4.41. The Labute approximate surface area is 157 Å². The molecule has 0 bridgehead atoms. The highest BCUT2D eigenvalue weighted by Gasteiger charge is 2.16. The molecule has 132 valence electrons. The first kappa shape index (κ1) is 17.9. The van der Waals surface area contributed by atoms with Gasteiger partial charge in [-0.3, -0.25) is 4.79 Å². The summed E-state index contributed by atoms with van der Waals surface area (Å²) in [5.41, 5.74) is 5.43. The minimum Gasteiger partial charge on any atom is -0.356 e. The van der Waals surface area contributed by atoms with Crippen LogP contribution in [0.1, 0.15) is 19.5 Å². The van der Waals surface area contributed by atoms with Gasteiger partial charge in [-0.2, -0.15) is 0 Å². The zero-order valence-corrected chi connectivity index (χ0v) is 15.6. The van der Waals surface area contributed by atoms with Gasteiger partial charge in [0.25, 0.3) is 5.91 Å². The van der Waals surface area contributed by atoms with Crippen molar-refractivity contribution in [1.82, 2.24) is 4.98 Å². The van der Waals surface area contributed by atoms with Crippen LogP contribution in [0.5, 0.6) is 0 Å². The van der Waals surface area contributed by atoms with Crippen LogP contribution < -0.4 is 10.2 Å². The van der Waals surface area contributed by atoms with Gasteiger partial charge in [0.05, 0.1) is 11.2 Å². The quantitative estimate of drug-likeness (QED) is 0.601. The molecule has 3 rings (SSSR count). The summed E-state index contributed by atoms with van der Waals surface area (Å²) in [5, 5.41) is 5.26. The highest BCUT2D eigenvalue weighted by atomic mass is 32.1. The number of amides is 1. The SMILES string of the molecule is CC(C)N(C(=O)/C=C\c1cscn1)c1ccc(Nc2ccccc2)cc1. The summed E-state index contributed by atoms with van der Waals surface area (Å²) < 4.78 is 0. The zero-order chi connectivity index (χ0) is 18.4. The minimum atomic E-state index is -0.0585. The van der Waals surface area contributed by atoms with Crippen molar-refractivity contribution in [2.75, 3.05) is 10.2 Å². The predicted molar refractivity (Wildman–Crippen MR) is 110 cm³/mol. The molecule has 0 aliphatic rings. The molecule has 5 heteroatoms. The van der Waals surface area contributed by atoms with Gasteiger partial charge >= 0.3 is 0 Å². The third-order valence-electron chi connectivity index (χ3n) is 3.81. The lowest BCUT2D eigenvalue weighted by atomic mass is 10.2. The monoisotopic (exact) mass is 363 g/mol. The van der Waals surface area contributed by atoms with Crippen LogP contribution in [0.15, 0.2) is 71.6 Å². The molecule has 0 saturated carbocycles. The van der Waals surface area contributed by atoms with E-state index in [0.717, 1.165) is 22.8 Å². The first-order valence-corrected chi connectivity index (χ1v) is 9.39. The second-order valence-corrected chi connectivity index (χ2v) is 6.81. The van der Waals surface area contributed by atoms with Crippen molar-refractivity contribution in [3.8, 4) is 0 Å². The lowest BCUT2D eigenvalue weighted by molar-refractivity contribution is -0.114. The van der Waals surface area contributed by atoms with E-state index in [4.69, 9.17) is 0 Å². The van der Waals surface area contributed by atoms with Gasteiger partial charge < -0.3 is 10.2 Å². The molecule has 0 fully saturated rings. The van der Waals surface area contributed by atoms with E-state index in [1.54, 1.807) is 22.6 Å². The van der Waals surface area contributed by atoms with Gasteiger partial charge in [0.15, 0.2) is 0 Å². The summed E-state index contributed by atoms with van der Waals surface area (Å²) in [4.78, 5) is 18.6. The topological polar surface area (TPSA) is 45.2 Å². The van der Waals surface area contributed by atoms with Crippen LogP contribution >= 0.6 is 11.3 Å².